The van der Waals surface area contributed by atoms with Gasteiger partial charge in [0, 0.05) is 22.8 Å². The zero-order chi connectivity index (χ0) is 14.0. The van der Waals surface area contributed by atoms with Crippen LogP contribution < -0.4 is 0 Å². The summed E-state index contributed by atoms with van der Waals surface area (Å²) in [6, 6.07) is 1.87. The number of hydrogen-bond acceptors (Lipinski definition) is 3. The van der Waals surface area contributed by atoms with Gasteiger partial charge in [-0.3, -0.25) is 0 Å². The van der Waals surface area contributed by atoms with E-state index in [-0.39, 0.29) is 6.04 Å². The minimum atomic E-state index is -3.37. The molecule has 0 radical (unpaired) electrons. The van der Waals surface area contributed by atoms with Crippen molar-refractivity contribution in [1.29, 1.82) is 0 Å². The SMILES string of the molecule is Cc1sc(CCl)cc1S(=O)(=O)N(C)C1CCCCC1. The molecule has 6 heteroatoms. The van der Waals surface area contributed by atoms with Crippen LogP contribution in [0.5, 0.6) is 0 Å². The molecule has 0 bridgehead atoms. The zero-order valence-corrected chi connectivity index (χ0v) is 13.7. The maximum absolute atomic E-state index is 12.7. The van der Waals surface area contributed by atoms with Crippen LogP contribution in [-0.4, -0.2) is 25.8 Å². The van der Waals surface area contributed by atoms with Crippen molar-refractivity contribution in [3.8, 4) is 0 Å². The molecular weight excluding hydrogens is 302 g/mol. The Morgan fingerprint density at radius 3 is 2.53 bits per heavy atom. The summed E-state index contributed by atoms with van der Waals surface area (Å²) in [5, 5.41) is 0. The van der Waals surface area contributed by atoms with Gasteiger partial charge in [-0.25, -0.2) is 8.42 Å². The molecule has 108 valence electrons. The highest BCUT2D eigenvalue weighted by Crippen LogP contribution is 2.32. The van der Waals surface area contributed by atoms with Gasteiger partial charge in [0.2, 0.25) is 10.0 Å². The maximum atomic E-state index is 12.7. The third-order valence-corrected chi connectivity index (χ3v) is 7.46. The van der Waals surface area contributed by atoms with Gasteiger partial charge < -0.3 is 0 Å². The number of hydrogen-bond donors (Lipinski definition) is 0. The second kappa shape index (κ2) is 6.12. The number of thiophene rings is 1. The molecule has 1 aliphatic carbocycles. The van der Waals surface area contributed by atoms with E-state index in [9.17, 15) is 8.42 Å². The van der Waals surface area contributed by atoms with E-state index in [2.05, 4.69) is 0 Å². The Labute approximate surface area is 124 Å². The second-order valence-electron chi connectivity index (χ2n) is 5.08. The van der Waals surface area contributed by atoms with E-state index in [1.54, 1.807) is 17.4 Å². The summed E-state index contributed by atoms with van der Waals surface area (Å²) in [6.45, 7) is 1.85. The van der Waals surface area contributed by atoms with E-state index in [1.165, 1.54) is 17.8 Å². The molecule has 0 N–H and O–H groups in total. The average Bonchev–Trinajstić information content (AvgIpc) is 2.81. The monoisotopic (exact) mass is 321 g/mol. The standard InChI is InChI=1S/C13H20ClNO2S2/c1-10-13(8-12(9-14)18-10)19(16,17)15(2)11-6-4-3-5-7-11/h8,11H,3-7,9H2,1-2H3. The summed E-state index contributed by atoms with van der Waals surface area (Å²) < 4.78 is 26.9. The first-order chi connectivity index (χ1) is 8.96. The van der Waals surface area contributed by atoms with Crippen molar-refractivity contribution >= 4 is 33.0 Å². The number of halogens is 1. The first-order valence-corrected chi connectivity index (χ1v) is 9.39. The quantitative estimate of drug-likeness (QED) is 0.792. The molecule has 1 aliphatic rings. The van der Waals surface area contributed by atoms with Crippen molar-refractivity contribution in [2.45, 2.75) is 55.8 Å². The predicted octanol–water partition coefficient (Wildman–Crippen LogP) is 3.75. The Morgan fingerprint density at radius 1 is 1.37 bits per heavy atom. The molecule has 1 aromatic heterocycles. The Kier molecular flexibility index (Phi) is 4.93. The van der Waals surface area contributed by atoms with Crippen molar-refractivity contribution in [1.82, 2.24) is 4.31 Å². The predicted molar refractivity (Wildman–Crippen MR) is 80.4 cm³/mol. The molecule has 1 heterocycles. The van der Waals surface area contributed by atoms with Crippen LogP contribution in [0.2, 0.25) is 0 Å². The van der Waals surface area contributed by atoms with E-state index in [0.29, 0.717) is 10.8 Å². The molecular formula is C13H20ClNO2S2. The molecule has 1 saturated carbocycles. The summed E-state index contributed by atoms with van der Waals surface area (Å²) in [7, 11) is -1.66. The molecule has 0 aliphatic heterocycles. The molecule has 0 unspecified atom stereocenters. The number of nitrogens with zero attached hydrogens (tertiary/aromatic N) is 1. The van der Waals surface area contributed by atoms with Gasteiger partial charge in [-0.05, 0) is 25.8 Å². The minimum Gasteiger partial charge on any atom is -0.207 e. The van der Waals surface area contributed by atoms with Crippen molar-refractivity contribution in [2.24, 2.45) is 0 Å². The molecule has 2 rings (SSSR count). The largest absolute Gasteiger partial charge is 0.244 e. The van der Waals surface area contributed by atoms with Crippen molar-refractivity contribution in [3.63, 3.8) is 0 Å². The maximum Gasteiger partial charge on any atom is 0.244 e. The van der Waals surface area contributed by atoms with Crippen LogP contribution in [0.1, 0.15) is 41.9 Å². The van der Waals surface area contributed by atoms with Crippen LogP contribution >= 0.6 is 22.9 Å². The normalized spacial score (nSPS) is 18.1. The summed E-state index contributed by atoms with van der Waals surface area (Å²) in [5.41, 5.74) is 0. The van der Waals surface area contributed by atoms with Gasteiger partial charge in [-0.15, -0.1) is 22.9 Å². The van der Waals surface area contributed by atoms with Gasteiger partial charge in [-0.1, -0.05) is 19.3 Å². The van der Waals surface area contributed by atoms with E-state index < -0.39 is 10.0 Å². The van der Waals surface area contributed by atoms with Crippen LogP contribution in [0.4, 0.5) is 0 Å². The summed E-state index contributed by atoms with van der Waals surface area (Å²) >= 11 is 7.26. The van der Waals surface area contributed by atoms with E-state index in [1.807, 2.05) is 6.92 Å². The van der Waals surface area contributed by atoms with Crippen molar-refractivity contribution in [3.05, 3.63) is 15.8 Å². The summed E-state index contributed by atoms with van der Waals surface area (Å²) in [4.78, 5) is 2.18. The van der Waals surface area contributed by atoms with Gasteiger partial charge in [0.25, 0.3) is 0 Å². The Balaban J connectivity index is 2.27. The van der Waals surface area contributed by atoms with Gasteiger partial charge in [0.05, 0.1) is 10.8 Å². The second-order valence-corrected chi connectivity index (χ2v) is 8.65. The third-order valence-electron chi connectivity index (χ3n) is 3.80. The fraction of sp³-hybridized carbons (Fsp3) is 0.692. The lowest BCUT2D eigenvalue weighted by molar-refractivity contribution is 0.286. The minimum absolute atomic E-state index is 0.150. The van der Waals surface area contributed by atoms with E-state index >= 15 is 0 Å². The molecule has 0 saturated heterocycles. The highest BCUT2D eigenvalue weighted by atomic mass is 35.5. The Bertz CT molecular complexity index is 533. The fourth-order valence-corrected chi connectivity index (χ4v) is 5.75. The highest BCUT2D eigenvalue weighted by molar-refractivity contribution is 7.89. The molecule has 1 fully saturated rings. The molecule has 3 nitrogen and oxygen atoms in total. The Morgan fingerprint density at radius 2 is 2.00 bits per heavy atom. The van der Waals surface area contributed by atoms with Crippen molar-refractivity contribution < 1.29 is 8.42 Å². The van der Waals surface area contributed by atoms with Crippen LogP contribution in [0.3, 0.4) is 0 Å². The molecule has 1 aromatic rings. The zero-order valence-electron chi connectivity index (χ0n) is 11.4. The summed E-state index contributed by atoms with van der Waals surface area (Å²) in [6.07, 6.45) is 5.42. The highest BCUT2D eigenvalue weighted by Gasteiger charge is 2.31. The van der Waals surface area contributed by atoms with Crippen LogP contribution in [0.25, 0.3) is 0 Å². The van der Waals surface area contributed by atoms with Crippen molar-refractivity contribution in [2.75, 3.05) is 7.05 Å². The lowest BCUT2D eigenvalue weighted by Crippen LogP contribution is -2.38. The molecule has 0 amide bonds. The lowest BCUT2D eigenvalue weighted by Gasteiger charge is -2.30. The van der Waals surface area contributed by atoms with E-state index in [4.69, 9.17) is 11.6 Å². The number of sulfonamides is 1. The molecule has 0 spiro atoms. The van der Waals surface area contributed by atoms with Gasteiger partial charge >= 0.3 is 0 Å². The van der Waals surface area contributed by atoms with E-state index in [0.717, 1.165) is 35.4 Å². The first kappa shape index (κ1) is 15.3. The number of aryl methyl sites for hydroxylation is 1. The lowest BCUT2D eigenvalue weighted by atomic mass is 9.96. The van der Waals surface area contributed by atoms with Crippen LogP contribution in [-0.2, 0) is 15.9 Å². The summed E-state index contributed by atoms with van der Waals surface area (Å²) in [5.74, 6) is 0.369. The molecule has 0 atom stereocenters. The van der Waals surface area contributed by atoms with Gasteiger partial charge in [-0.2, -0.15) is 4.31 Å². The topological polar surface area (TPSA) is 37.4 Å². The number of rotatable bonds is 4. The van der Waals surface area contributed by atoms with Crippen LogP contribution in [0.15, 0.2) is 11.0 Å². The smallest absolute Gasteiger partial charge is 0.207 e. The fourth-order valence-electron chi connectivity index (χ4n) is 2.64. The van der Waals surface area contributed by atoms with Gasteiger partial charge in [0.1, 0.15) is 0 Å². The molecule has 19 heavy (non-hydrogen) atoms. The number of alkyl halides is 1. The van der Waals surface area contributed by atoms with Gasteiger partial charge in [0.15, 0.2) is 0 Å². The third kappa shape index (κ3) is 3.15. The first-order valence-electron chi connectivity index (χ1n) is 6.60. The average molecular weight is 322 g/mol. The van der Waals surface area contributed by atoms with Crippen LogP contribution in [0, 0.1) is 6.92 Å². The Hall–Kier alpha value is -0.100. The molecule has 0 aromatic carbocycles.